The van der Waals surface area contributed by atoms with Gasteiger partial charge in [-0.2, -0.15) is 0 Å². The summed E-state index contributed by atoms with van der Waals surface area (Å²) < 4.78 is 34.6. The number of halogens is 1. The maximum atomic E-state index is 12.3. The number of hydrogen-bond acceptors (Lipinski definition) is 5. The third-order valence-corrected chi connectivity index (χ3v) is 5.53. The molecule has 0 atom stereocenters. The minimum Gasteiger partial charge on any atom is -0.493 e. The van der Waals surface area contributed by atoms with Crippen molar-refractivity contribution in [3.8, 4) is 11.5 Å². The van der Waals surface area contributed by atoms with Gasteiger partial charge < -0.3 is 14.8 Å². The van der Waals surface area contributed by atoms with Crippen LogP contribution in [0.25, 0.3) is 6.08 Å². The number of ether oxygens (including phenoxy) is 2. The van der Waals surface area contributed by atoms with E-state index in [4.69, 9.17) is 21.1 Å². The van der Waals surface area contributed by atoms with Crippen molar-refractivity contribution >= 4 is 39.1 Å². The van der Waals surface area contributed by atoms with Crippen LogP contribution < -0.4 is 14.8 Å². The van der Waals surface area contributed by atoms with Gasteiger partial charge >= 0.3 is 0 Å². The quantitative estimate of drug-likeness (QED) is 0.586. The molecule has 2 aromatic rings. The Morgan fingerprint density at radius 3 is 2.53 bits per heavy atom. The normalized spacial score (nSPS) is 11.7. The zero-order chi connectivity index (χ0) is 22.5. The van der Waals surface area contributed by atoms with E-state index in [0.717, 1.165) is 11.8 Å². The van der Waals surface area contributed by atoms with E-state index in [1.807, 2.05) is 13.8 Å². The molecule has 0 radical (unpaired) electrons. The molecule has 0 aliphatic heterocycles. The van der Waals surface area contributed by atoms with Crippen molar-refractivity contribution in [1.82, 2.24) is 0 Å². The van der Waals surface area contributed by atoms with Crippen LogP contribution in [0.5, 0.6) is 11.5 Å². The standard InChI is InChI=1S/C22H26ClNO5S/c1-14(2)13-29-22-18(23)10-16(11-20(22)28-4)7-9-21(25)24-19-12-17(30(5,26)27)8-6-15(19)3/h6-12,14H,13H2,1-5H3,(H,24,25)/b9-7+. The Hall–Kier alpha value is -2.51. The van der Waals surface area contributed by atoms with Crippen LogP contribution in [0.4, 0.5) is 5.69 Å². The molecule has 0 fully saturated rings. The van der Waals surface area contributed by atoms with E-state index in [1.54, 1.807) is 31.2 Å². The zero-order valence-corrected chi connectivity index (χ0v) is 19.2. The molecule has 162 valence electrons. The van der Waals surface area contributed by atoms with Gasteiger partial charge in [-0.3, -0.25) is 4.79 Å². The summed E-state index contributed by atoms with van der Waals surface area (Å²) in [6.45, 7) is 6.35. The maximum absolute atomic E-state index is 12.3. The summed E-state index contributed by atoms with van der Waals surface area (Å²) in [6.07, 6.45) is 4.05. The van der Waals surface area contributed by atoms with Crippen LogP contribution in [0.1, 0.15) is 25.0 Å². The summed E-state index contributed by atoms with van der Waals surface area (Å²) in [5, 5.41) is 3.08. The molecule has 6 nitrogen and oxygen atoms in total. The van der Waals surface area contributed by atoms with Gasteiger partial charge in [0.15, 0.2) is 21.3 Å². The van der Waals surface area contributed by atoms with Crippen LogP contribution in [0, 0.1) is 12.8 Å². The Bertz CT molecular complexity index is 1060. The molecule has 0 heterocycles. The van der Waals surface area contributed by atoms with Gasteiger partial charge in [-0.1, -0.05) is 31.5 Å². The monoisotopic (exact) mass is 451 g/mol. The van der Waals surface area contributed by atoms with Gasteiger partial charge in [0.25, 0.3) is 0 Å². The summed E-state index contributed by atoms with van der Waals surface area (Å²) in [6, 6.07) is 8.00. The predicted molar refractivity (Wildman–Crippen MR) is 120 cm³/mol. The molecule has 0 saturated carbocycles. The van der Waals surface area contributed by atoms with Crippen LogP contribution in [-0.4, -0.2) is 34.3 Å². The Morgan fingerprint density at radius 2 is 1.93 bits per heavy atom. The van der Waals surface area contributed by atoms with Crippen molar-refractivity contribution in [3.05, 3.63) is 52.6 Å². The zero-order valence-electron chi connectivity index (χ0n) is 17.7. The fourth-order valence-corrected chi connectivity index (χ4v) is 3.46. The van der Waals surface area contributed by atoms with Gasteiger partial charge in [-0.15, -0.1) is 0 Å². The molecule has 2 rings (SSSR count). The first kappa shape index (κ1) is 23.8. The third-order valence-electron chi connectivity index (χ3n) is 4.13. The molecule has 0 aromatic heterocycles. The summed E-state index contributed by atoms with van der Waals surface area (Å²) in [5.74, 6) is 0.861. The Morgan fingerprint density at radius 1 is 1.23 bits per heavy atom. The number of anilines is 1. The van der Waals surface area contributed by atoms with Crippen LogP contribution >= 0.6 is 11.6 Å². The van der Waals surface area contributed by atoms with Crippen LogP contribution in [0.3, 0.4) is 0 Å². The largest absolute Gasteiger partial charge is 0.493 e. The van der Waals surface area contributed by atoms with E-state index < -0.39 is 15.7 Å². The second-order valence-corrected chi connectivity index (χ2v) is 9.73. The lowest BCUT2D eigenvalue weighted by Crippen LogP contribution is -2.10. The number of benzene rings is 2. The fraction of sp³-hybridized carbons (Fsp3) is 0.318. The summed E-state index contributed by atoms with van der Waals surface area (Å²) in [5.41, 5.74) is 1.84. The van der Waals surface area contributed by atoms with E-state index >= 15 is 0 Å². The van der Waals surface area contributed by atoms with Crippen LogP contribution in [0.2, 0.25) is 5.02 Å². The second-order valence-electron chi connectivity index (χ2n) is 7.31. The van der Waals surface area contributed by atoms with Gasteiger partial charge in [0, 0.05) is 18.0 Å². The van der Waals surface area contributed by atoms with E-state index in [9.17, 15) is 13.2 Å². The number of amides is 1. The van der Waals surface area contributed by atoms with Crippen LogP contribution in [-0.2, 0) is 14.6 Å². The highest BCUT2D eigenvalue weighted by molar-refractivity contribution is 7.90. The Kier molecular flexibility index (Phi) is 7.92. The summed E-state index contributed by atoms with van der Waals surface area (Å²) >= 11 is 6.33. The Balaban J connectivity index is 2.20. The molecule has 30 heavy (non-hydrogen) atoms. The maximum Gasteiger partial charge on any atom is 0.248 e. The second kappa shape index (κ2) is 10.00. The average molecular weight is 452 g/mol. The van der Waals surface area contributed by atoms with Crippen molar-refractivity contribution in [3.63, 3.8) is 0 Å². The van der Waals surface area contributed by atoms with Crippen molar-refractivity contribution in [2.24, 2.45) is 5.92 Å². The molecular weight excluding hydrogens is 426 g/mol. The van der Waals surface area contributed by atoms with E-state index in [1.165, 1.54) is 25.3 Å². The number of methoxy groups -OCH3 is 1. The van der Waals surface area contributed by atoms with Crippen molar-refractivity contribution in [2.75, 3.05) is 25.3 Å². The minimum atomic E-state index is -3.37. The van der Waals surface area contributed by atoms with Crippen molar-refractivity contribution in [1.29, 1.82) is 0 Å². The van der Waals surface area contributed by atoms with Gasteiger partial charge in [0.05, 0.1) is 23.6 Å². The Labute approximate surface area is 182 Å². The highest BCUT2D eigenvalue weighted by atomic mass is 35.5. The average Bonchev–Trinajstić information content (AvgIpc) is 2.65. The van der Waals surface area contributed by atoms with Gasteiger partial charge in [0.1, 0.15) is 0 Å². The number of rotatable bonds is 8. The minimum absolute atomic E-state index is 0.140. The lowest BCUT2D eigenvalue weighted by Gasteiger charge is -2.14. The van der Waals surface area contributed by atoms with Gasteiger partial charge in [-0.05, 0) is 54.3 Å². The SMILES string of the molecule is COc1cc(/C=C/C(=O)Nc2cc(S(C)(=O)=O)ccc2C)cc(Cl)c1OCC(C)C. The topological polar surface area (TPSA) is 81.7 Å². The summed E-state index contributed by atoms with van der Waals surface area (Å²) in [7, 11) is -1.85. The number of carbonyl (C=O) groups is 1. The van der Waals surface area contributed by atoms with Crippen molar-refractivity contribution in [2.45, 2.75) is 25.7 Å². The summed E-state index contributed by atoms with van der Waals surface area (Å²) in [4.78, 5) is 12.5. The molecule has 0 bridgehead atoms. The molecule has 0 saturated heterocycles. The smallest absolute Gasteiger partial charge is 0.248 e. The van der Waals surface area contributed by atoms with E-state index in [2.05, 4.69) is 5.32 Å². The third kappa shape index (κ3) is 6.50. The highest BCUT2D eigenvalue weighted by Crippen LogP contribution is 2.37. The lowest BCUT2D eigenvalue weighted by atomic mass is 10.1. The first-order chi connectivity index (χ1) is 14.0. The molecule has 8 heteroatoms. The molecule has 0 unspecified atom stereocenters. The van der Waals surface area contributed by atoms with Gasteiger partial charge in [-0.25, -0.2) is 8.42 Å². The molecule has 1 amide bonds. The first-order valence-corrected chi connectivity index (χ1v) is 11.6. The molecule has 0 aliphatic carbocycles. The van der Waals surface area contributed by atoms with Crippen molar-refractivity contribution < 1.29 is 22.7 Å². The van der Waals surface area contributed by atoms with E-state index in [-0.39, 0.29) is 4.90 Å². The molecule has 1 N–H and O–H groups in total. The predicted octanol–water partition coefficient (Wildman–Crippen LogP) is 4.75. The number of hydrogen-bond donors (Lipinski definition) is 1. The number of aryl methyl sites for hydroxylation is 1. The molecular formula is C22H26ClNO5S. The highest BCUT2D eigenvalue weighted by Gasteiger charge is 2.13. The van der Waals surface area contributed by atoms with Crippen LogP contribution in [0.15, 0.2) is 41.3 Å². The number of sulfone groups is 1. The molecule has 2 aromatic carbocycles. The first-order valence-electron chi connectivity index (χ1n) is 9.31. The van der Waals surface area contributed by atoms with E-state index in [0.29, 0.717) is 40.3 Å². The molecule has 0 spiro atoms. The number of carbonyl (C=O) groups excluding carboxylic acids is 1. The van der Waals surface area contributed by atoms with Gasteiger partial charge in [0.2, 0.25) is 5.91 Å². The lowest BCUT2D eigenvalue weighted by molar-refractivity contribution is -0.111. The molecule has 0 aliphatic rings. The number of nitrogens with one attached hydrogen (secondary N) is 1. The fourth-order valence-electron chi connectivity index (χ4n) is 2.54.